The maximum atomic E-state index is 8.89. The van der Waals surface area contributed by atoms with Crippen molar-refractivity contribution in [3.8, 4) is 5.75 Å². The topological polar surface area (TPSA) is 41.5 Å². The Balaban J connectivity index is 1.61. The molecular formula is C17H19NO2. The Bertz CT molecular complexity index is 578. The molecule has 0 saturated carbocycles. The van der Waals surface area contributed by atoms with Crippen LogP contribution in [0.3, 0.4) is 0 Å². The van der Waals surface area contributed by atoms with Crippen molar-refractivity contribution in [3.63, 3.8) is 0 Å². The highest BCUT2D eigenvalue weighted by Crippen LogP contribution is 2.26. The average Bonchev–Trinajstić information content (AvgIpc) is 2.94. The smallest absolute Gasteiger partial charge is 0.122 e. The molecule has 0 bridgehead atoms. The second-order valence-electron chi connectivity index (χ2n) is 5.06. The van der Waals surface area contributed by atoms with Gasteiger partial charge in [0.15, 0.2) is 0 Å². The van der Waals surface area contributed by atoms with Gasteiger partial charge in [-0.25, -0.2) is 0 Å². The van der Waals surface area contributed by atoms with Gasteiger partial charge in [-0.1, -0.05) is 24.3 Å². The van der Waals surface area contributed by atoms with Gasteiger partial charge in [0.25, 0.3) is 0 Å². The standard InChI is InChI=1S/C17H19NO2/c19-9-7-13-1-4-16(5-2-13)18-12-14-3-6-17-15(11-14)8-10-20-17/h1-6,11,18-19H,7-10,12H2. The first-order chi connectivity index (χ1) is 9.85. The summed E-state index contributed by atoms with van der Waals surface area (Å²) in [5, 5.41) is 12.3. The number of rotatable bonds is 5. The maximum absolute atomic E-state index is 8.89. The molecule has 0 unspecified atom stereocenters. The van der Waals surface area contributed by atoms with Gasteiger partial charge in [0.05, 0.1) is 6.61 Å². The van der Waals surface area contributed by atoms with E-state index in [0.717, 1.165) is 36.6 Å². The van der Waals surface area contributed by atoms with Gasteiger partial charge >= 0.3 is 0 Å². The van der Waals surface area contributed by atoms with Crippen LogP contribution in [0, 0.1) is 0 Å². The zero-order chi connectivity index (χ0) is 13.8. The molecule has 0 spiro atoms. The Morgan fingerprint density at radius 2 is 1.85 bits per heavy atom. The van der Waals surface area contributed by atoms with E-state index < -0.39 is 0 Å². The second kappa shape index (κ2) is 5.97. The summed E-state index contributed by atoms with van der Waals surface area (Å²) in [6.45, 7) is 1.81. The third kappa shape index (κ3) is 2.94. The molecule has 2 aromatic rings. The first-order valence-corrected chi connectivity index (χ1v) is 7.03. The van der Waals surface area contributed by atoms with E-state index in [2.05, 4.69) is 47.8 Å². The number of benzene rings is 2. The molecule has 2 N–H and O–H groups in total. The van der Waals surface area contributed by atoms with Crippen molar-refractivity contribution < 1.29 is 9.84 Å². The minimum Gasteiger partial charge on any atom is -0.493 e. The number of hydrogen-bond donors (Lipinski definition) is 2. The highest BCUT2D eigenvalue weighted by atomic mass is 16.5. The minimum absolute atomic E-state index is 0.198. The zero-order valence-electron chi connectivity index (χ0n) is 11.4. The van der Waals surface area contributed by atoms with Gasteiger partial charge in [-0.2, -0.15) is 0 Å². The highest BCUT2D eigenvalue weighted by molar-refractivity contribution is 5.46. The van der Waals surface area contributed by atoms with Crippen molar-refractivity contribution in [2.45, 2.75) is 19.4 Å². The van der Waals surface area contributed by atoms with Gasteiger partial charge in [0, 0.05) is 25.3 Å². The molecule has 0 atom stereocenters. The van der Waals surface area contributed by atoms with Gasteiger partial charge in [-0.05, 0) is 41.3 Å². The van der Waals surface area contributed by atoms with Crippen LogP contribution < -0.4 is 10.1 Å². The van der Waals surface area contributed by atoms with Crippen LogP contribution in [0.25, 0.3) is 0 Å². The monoisotopic (exact) mass is 269 g/mol. The summed E-state index contributed by atoms with van der Waals surface area (Å²) in [6.07, 6.45) is 1.73. The van der Waals surface area contributed by atoms with E-state index in [9.17, 15) is 0 Å². The van der Waals surface area contributed by atoms with Crippen molar-refractivity contribution >= 4 is 5.69 Å². The molecule has 104 valence electrons. The Kier molecular flexibility index (Phi) is 3.88. The average molecular weight is 269 g/mol. The van der Waals surface area contributed by atoms with Crippen LogP contribution in [-0.2, 0) is 19.4 Å². The van der Waals surface area contributed by atoms with Gasteiger partial charge in [0.2, 0.25) is 0 Å². The summed E-state index contributed by atoms with van der Waals surface area (Å²) in [5.41, 5.74) is 4.84. The summed E-state index contributed by atoms with van der Waals surface area (Å²) in [7, 11) is 0. The van der Waals surface area contributed by atoms with Crippen molar-refractivity contribution in [2.24, 2.45) is 0 Å². The molecule has 1 aliphatic rings. The zero-order valence-corrected chi connectivity index (χ0v) is 11.4. The summed E-state index contributed by atoms with van der Waals surface area (Å²) < 4.78 is 5.51. The predicted molar refractivity (Wildman–Crippen MR) is 80.2 cm³/mol. The molecular weight excluding hydrogens is 250 g/mol. The molecule has 0 saturated heterocycles. The minimum atomic E-state index is 0.198. The Morgan fingerprint density at radius 3 is 2.65 bits per heavy atom. The summed E-state index contributed by atoms with van der Waals surface area (Å²) in [6, 6.07) is 14.6. The normalized spacial score (nSPS) is 12.8. The lowest BCUT2D eigenvalue weighted by molar-refractivity contribution is 0.299. The van der Waals surface area contributed by atoms with E-state index in [0.29, 0.717) is 6.42 Å². The number of aliphatic hydroxyl groups excluding tert-OH is 1. The fourth-order valence-corrected chi connectivity index (χ4v) is 2.47. The highest BCUT2D eigenvalue weighted by Gasteiger charge is 2.11. The van der Waals surface area contributed by atoms with Crippen LogP contribution in [-0.4, -0.2) is 18.3 Å². The summed E-state index contributed by atoms with van der Waals surface area (Å²) >= 11 is 0. The number of ether oxygens (including phenoxy) is 1. The molecule has 0 fully saturated rings. The van der Waals surface area contributed by atoms with Crippen molar-refractivity contribution in [1.29, 1.82) is 0 Å². The maximum Gasteiger partial charge on any atom is 0.122 e. The van der Waals surface area contributed by atoms with Crippen LogP contribution in [0.15, 0.2) is 42.5 Å². The Labute approximate surface area is 119 Å². The molecule has 1 aliphatic heterocycles. The molecule has 20 heavy (non-hydrogen) atoms. The fourth-order valence-electron chi connectivity index (χ4n) is 2.47. The van der Waals surface area contributed by atoms with E-state index in [1.54, 1.807) is 0 Å². The van der Waals surface area contributed by atoms with Crippen molar-refractivity contribution in [2.75, 3.05) is 18.5 Å². The third-order valence-electron chi connectivity index (χ3n) is 3.60. The second-order valence-corrected chi connectivity index (χ2v) is 5.06. The number of aliphatic hydroxyl groups is 1. The van der Waals surface area contributed by atoms with Crippen LogP contribution in [0.1, 0.15) is 16.7 Å². The molecule has 3 heteroatoms. The SMILES string of the molecule is OCCc1ccc(NCc2ccc3c(c2)CCO3)cc1. The van der Waals surface area contributed by atoms with E-state index >= 15 is 0 Å². The molecule has 2 aromatic carbocycles. The van der Waals surface area contributed by atoms with E-state index in [-0.39, 0.29) is 6.61 Å². The van der Waals surface area contributed by atoms with Gasteiger partial charge < -0.3 is 15.2 Å². The molecule has 3 nitrogen and oxygen atoms in total. The molecule has 0 aromatic heterocycles. The van der Waals surface area contributed by atoms with Crippen LogP contribution in [0.5, 0.6) is 5.75 Å². The molecule has 1 heterocycles. The first-order valence-electron chi connectivity index (χ1n) is 7.03. The lowest BCUT2D eigenvalue weighted by Gasteiger charge is -2.08. The third-order valence-corrected chi connectivity index (χ3v) is 3.60. The number of anilines is 1. The largest absolute Gasteiger partial charge is 0.493 e. The van der Waals surface area contributed by atoms with Crippen molar-refractivity contribution in [1.82, 2.24) is 0 Å². The van der Waals surface area contributed by atoms with Crippen molar-refractivity contribution in [3.05, 3.63) is 59.2 Å². The van der Waals surface area contributed by atoms with E-state index in [4.69, 9.17) is 9.84 Å². The van der Waals surface area contributed by atoms with Gasteiger partial charge in [0.1, 0.15) is 5.75 Å². The molecule has 0 radical (unpaired) electrons. The van der Waals surface area contributed by atoms with Crippen LogP contribution in [0.4, 0.5) is 5.69 Å². The molecule has 0 aliphatic carbocycles. The van der Waals surface area contributed by atoms with Gasteiger partial charge in [-0.3, -0.25) is 0 Å². The molecule has 3 rings (SSSR count). The Morgan fingerprint density at radius 1 is 1.05 bits per heavy atom. The lowest BCUT2D eigenvalue weighted by atomic mass is 10.1. The lowest BCUT2D eigenvalue weighted by Crippen LogP contribution is -2.00. The van der Waals surface area contributed by atoms with Crippen LogP contribution in [0.2, 0.25) is 0 Å². The van der Waals surface area contributed by atoms with E-state index in [1.807, 2.05) is 0 Å². The number of fused-ring (bicyclic) bond motifs is 1. The van der Waals surface area contributed by atoms with Crippen LogP contribution >= 0.6 is 0 Å². The predicted octanol–water partition coefficient (Wildman–Crippen LogP) is 2.77. The fraction of sp³-hybridized carbons (Fsp3) is 0.294. The number of nitrogens with one attached hydrogen (secondary N) is 1. The Hall–Kier alpha value is -2.00. The molecule has 0 amide bonds. The quantitative estimate of drug-likeness (QED) is 0.877. The summed E-state index contributed by atoms with van der Waals surface area (Å²) in [5.74, 6) is 1.03. The number of hydrogen-bond acceptors (Lipinski definition) is 3. The van der Waals surface area contributed by atoms with E-state index in [1.165, 1.54) is 11.1 Å². The summed E-state index contributed by atoms with van der Waals surface area (Å²) in [4.78, 5) is 0. The first kappa shape index (κ1) is 13.0. The van der Waals surface area contributed by atoms with Gasteiger partial charge in [-0.15, -0.1) is 0 Å².